The molecular formula is C15H19BrF2N2O. The van der Waals surface area contributed by atoms with Crippen molar-refractivity contribution in [2.75, 3.05) is 0 Å². The summed E-state index contributed by atoms with van der Waals surface area (Å²) < 4.78 is 27.6. The first-order valence-corrected chi connectivity index (χ1v) is 7.81. The van der Waals surface area contributed by atoms with Crippen molar-refractivity contribution in [3.8, 4) is 0 Å². The summed E-state index contributed by atoms with van der Waals surface area (Å²) in [6.45, 7) is 0. The highest BCUT2D eigenvalue weighted by Crippen LogP contribution is 2.47. The quantitative estimate of drug-likeness (QED) is 0.788. The zero-order valence-electron chi connectivity index (χ0n) is 11.7. The van der Waals surface area contributed by atoms with Crippen molar-refractivity contribution >= 4 is 21.8 Å². The fourth-order valence-corrected chi connectivity index (χ4v) is 3.66. The summed E-state index contributed by atoms with van der Waals surface area (Å²) in [7, 11) is 0. The SMILES string of the molecule is NC(=O)CC1(CC(N)c2cc(F)c(Br)cc2F)CCCC1. The molecule has 0 saturated heterocycles. The Morgan fingerprint density at radius 2 is 1.90 bits per heavy atom. The highest BCUT2D eigenvalue weighted by Gasteiger charge is 2.37. The average Bonchev–Trinajstić information content (AvgIpc) is 2.80. The van der Waals surface area contributed by atoms with E-state index in [4.69, 9.17) is 11.5 Å². The van der Waals surface area contributed by atoms with E-state index in [1.165, 1.54) is 0 Å². The first kappa shape index (κ1) is 16.4. The van der Waals surface area contributed by atoms with Crippen LogP contribution >= 0.6 is 15.9 Å². The summed E-state index contributed by atoms with van der Waals surface area (Å²) >= 11 is 2.94. The van der Waals surface area contributed by atoms with Crippen molar-refractivity contribution in [2.45, 2.75) is 44.6 Å². The fraction of sp³-hybridized carbons (Fsp3) is 0.533. The Hall–Kier alpha value is -1.01. The lowest BCUT2D eigenvalue weighted by molar-refractivity contribution is -0.120. The molecule has 0 aliphatic heterocycles. The van der Waals surface area contributed by atoms with Crippen LogP contribution in [0.1, 0.15) is 50.1 Å². The van der Waals surface area contributed by atoms with Gasteiger partial charge in [-0.2, -0.15) is 0 Å². The van der Waals surface area contributed by atoms with Gasteiger partial charge in [0.25, 0.3) is 0 Å². The average molecular weight is 361 g/mol. The molecule has 1 aromatic carbocycles. The van der Waals surface area contributed by atoms with Crippen molar-refractivity contribution in [2.24, 2.45) is 16.9 Å². The van der Waals surface area contributed by atoms with Crippen LogP contribution in [0.4, 0.5) is 8.78 Å². The summed E-state index contributed by atoms with van der Waals surface area (Å²) in [5.41, 5.74) is 11.3. The maximum atomic E-state index is 14.0. The Morgan fingerprint density at radius 3 is 2.48 bits per heavy atom. The van der Waals surface area contributed by atoms with E-state index in [0.29, 0.717) is 6.42 Å². The van der Waals surface area contributed by atoms with Gasteiger partial charge in [0.15, 0.2) is 0 Å². The molecule has 6 heteroatoms. The second kappa shape index (κ2) is 6.40. The molecule has 21 heavy (non-hydrogen) atoms. The number of rotatable bonds is 5. The Morgan fingerprint density at radius 1 is 1.29 bits per heavy atom. The van der Waals surface area contributed by atoms with Crippen molar-refractivity contribution in [3.63, 3.8) is 0 Å². The molecule has 1 aliphatic carbocycles. The number of hydrogen-bond acceptors (Lipinski definition) is 2. The van der Waals surface area contributed by atoms with Crippen molar-refractivity contribution in [3.05, 3.63) is 33.8 Å². The molecule has 0 radical (unpaired) electrons. The zero-order valence-corrected chi connectivity index (χ0v) is 13.3. The molecule has 1 saturated carbocycles. The first-order chi connectivity index (χ1) is 9.83. The molecule has 1 amide bonds. The number of benzene rings is 1. The standard InChI is InChI=1S/C15H19BrF2N2O/c16-10-6-11(17)9(5-12(10)18)13(19)7-15(8-14(20)21)3-1-2-4-15/h5-6,13H,1-4,7-8,19H2,(H2,20,21). The van der Waals surface area contributed by atoms with Crippen molar-refractivity contribution in [1.82, 2.24) is 0 Å². The molecule has 1 fully saturated rings. The van der Waals surface area contributed by atoms with E-state index >= 15 is 0 Å². The maximum Gasteiger partial charge on any atom is 0.217 e. The number of hydrogen-bond donors (Lipinski definition) is 2. The second-order valence-corrected chi connectivity index (χ2v) is 6.80. The van der Waals surface area contributed by atoms with Crippen LogP contribution in [-0.4, -0.2) is 5.91 Å². The molecule has 1 aliphatic rings. The van der Waals surface area contributed by atoms with Crippen LogP contribution in [0.3, 0.4) is 0 Å². The predicted octanol–water partition coefficient (Wildman–Crippen LogP) is 3.55. The van der Waals surface area contributed by atoms with Gasteiger partial charge in [-0.3, -0.25) is 4.79 Å². The van der Waals surface area contributed by atoms with Gasteiger partial charge in [0.05, 0.1) is 4.47 Å². The Balaban J connectivity index is 2.21. The lowest BCUT2D eigenvalue weighted by Gasteiger charge is -2.31. The van der Waals surface area contributed by atoms with E-state index in [1.807, 2.05) is 0 Å². The summed E-state index contributed by atoms with van der Waals surface area (Å²) in [6.07, 6.45) is 4.41. The minimum atomic E-state index is -0.648. The second-order valence-electron chi connectivity index (χ2n) is 5.95. The van der Waals surface area contributed by atoms with Gasteiger partial charge in [0.2, 0.25) is 5.91 Å². The number of carbonyl (C=O) groups is 1. The smallest absolute Gasteiger partial charge is 0.217 e. The van der Waals surface area contributed by atoms with E-state index in [9.17, 15) is 13.6 Å². The van der Waals surface area contributed by atoms with Gasteiger partial charge in [0.1, 0.15) is 11.6 Å². The number of amides is 1. The Labute approximate surface area is 131 Å². The molecule has 0 heterocycles. The van der Waals surface area contributed by atoms with E-state index in [1.54, 1.807) is 0 Å². The van der Waals surface area contributed by atoms with Gasteiger partial charge in [-0.15, -0.1) is 0 Å². The molecule has 1 aromatic rings. The largest absolute Gasteiger partial charge is 0.370 e. The maximum absolute atomic E-state index is 14.0. The monoisotopic (exact) mass is 360 g/mol. The molecule has 4 N–H and O–H groups in total. The van der Waals surface area contributed by atoms with Gasteiger partial charge in [-0.05, 0) is 52.7 Å². The van der Waals surface area contributed by atoms with Crippen molar-refractivity contribution < 1.29 is 13.6 Å². The molecule has 116 valence electrons. The topological polar surface area (TPSA) is 69.1 Å². The van der Waals surface area contributed by atoms with Gasteiger partial charge in [-0.25, -0.2) is 8.78 Å². The van der Waals surface area contributed by atoms with E-state index in [-0.39, 0.29) is 27.8 Å². The molecule has 3 nitrogen and oxygen atoms in total. The van der Waals surface area contributed by atoms with Crippen LogP contribution in [0, 0.1) is 17.0 Å². The third kappa shape index (κ3) is 3.80. The van der Waals surface area contributed by atoms with Gasteiger partial charge in [0, 0.05) is 18.0 Å². The van der Waals surface area contributed by atoms with Gasteiger partial charge >= 0.3 is 0 Å². The third-order valence-corrected chi connectivity index (χ3v) is 4.91. The molecule has 0 spiro atoms. The summed E-state index contributed by atoms with van der Waals surface area (Å²) in [6, 6.07) is 1.56. The van der Waals surface area contributed by atoms with E-state index in [0.717, 1.165) is 37.8 Å². The highest BCUT2D eigenvalue weighted by molar-refractivity contribution is 9.10. The Kier molecular flexibility index (Phi) is 4.99. The van der Waals surface area contributed by atoms with Gasteiger partial charge < -0.3 is 11.5 Å². The van der Waals surface area contributed by atoms with E-state index < -0.39 is 17.7 Å². The van der Waals surface area contributed by atoms with Crippen LogP contribution < -0.4 is 11.5 Å². The molecule has 1 atom stereocenters. The molecule has 2 rings (SSSR count). The number of halogens is 3. The van der Waals surface area contributed by atoms with Crippen LogP contribution in [0.25, 0.3) is 0 Å². The third-order valence-electron chi connectivity index (χ3n) is 4.31. The molecule has 1 unspecified atom stereocenters. The summed E-state index contributed by atoms with van der Waals surface area (Å²) in [5, 5.41) is 0. The summed E-state index contributed by atoms with van der Waals surface area (Å²) in [4.78, 5) is 11.3. The van der Waals surface area contributed by atoms with Crippen LogP contribution in [0.15, 0.2) is 16.6 Å². The molecular weight excluding hydrogens is 342 g/mol. The number of nitrogens with two attached hydrogens (primary N) is 2. The minimum absolute atomic E-state index is 0.0728. The minimum Gasteiger partial charge on any atom is -0.370 e. The number of primary amides is 1. The molecule has 0 aromatic heterocycles. The lowest BCUT2D eigenvalue weighted by Crippen LogP contribution is -2.30. The zero-order chi connectivity index (χ0) is 15.6. The predicted molar refractivity (Wildman–Crippen MR) is 80.3 cm³/mol. The lowest BCUT2D eigenvalue weighted by atomic mass is 9.76. The molecule has 0 bridgehead atoms. The van der Waals surface area contributed by atoms with Crippen LogP contribution in [-0.2, 0) is 4.79 Å². The van der Waals surface area contributed by atoms with E-state index in [2.05, 4.69) is 15.9 Å². The summed E-state index contributed by atoms with van der Waals surface area (Å²) in [5.74, 6) is -1.45. The number of carbonyl (C=O) groups excluding carboxylic acids is 1. The van der Waals surface area contributed by atoms with Crippen LogP contribution in [0.2, 0.25) is 0 Å². The Bertz CT molecular complexity index is 545. The normalized spacial score (nSPS) is 18.7. The first-order valence-electron chi connectivity index (χ1n) is 7.01. The van der Waals surface area contributed by atoms with Crippen molar-refractivity contribution in [1.29, 1.82) is 0 Å². The van der Waals surface area contributed by atoms with Crippen LogP contribution in [0.5, 0.6) is 0 Å². The van der Waals surface area contributed by atoms with Gasteiger partial charge in [-0.1, -0.05) is 12.8 Å². The fourth-order valence-electron chi connectivity index (χ4n) is 3.35. The highest BCUT2D eigenvalue weighted by atomic mass is 79.9.